The lowest BCUT2D eigenvalue weighted by atomic mass is 10.2. The Balaban J connectivity index is 3.71. The molecule has 0 N–H and O–H groups in total. The number of rotatable bonds is 8. The number of ether oxygens (including phenoxy) is 2. The smallest absolute Gasteiger partial charge is 0.333 e. The van der Waals surface area contributed by atoms with E-state index >= 15 is 0 Å². The van der Waals surface area contributed by atoms with Crippen molar-refractivity contribution in [1.82, 2.24) is 0 Å². The van der Waals surface area contributed by atoms with Crippen LogP contribution in [0.3, 0.4) is 0 Å². The van der Waals surface area contributed by atoms with Crippen molar-refractivity contribution in [3.05, 3.63) is 12.2 Å². The quantitative estimate of drug-likeness (QED) is 0.472. The zero-order chi connectivity index (χ0) is 12.4. The van der Waals surface area contributed by atoms with Gasteiger partial charge in [0.2, 0.25) is 0 Å². The molecule has 0 aromatic heterocycles. The average Bonchev–Trinajstić information content (AvgIpc) is 2.30. The van der Waals surface area contributed by atoms with Crippen molar-refractivity contribution in [2.24, 2.45) is 0 Å². The number of hydrogen-bond donors (Lipinski definition) is 0. The van der Waals surface area contributed by atoms with Gasteiger partial charge in [0.1, 0.15) is 0 Å². The first kappa shape index (κ1) is 14.7. The van der Waals surface area contributed by atoms with Crippen molar-refractivity contribution in [2.45, 2.75) is 39.5 Å². The number of carbonyl (C=O) groups is 2. The second-order valence-electron chi connectivity index (χ2n) is 3.46. The summed E-state index contributed by atoms with van der Waals surface area (Å²) in [5.41, 5.74) is 0.321. The summed E-state index contributed by atoms with van der Waals surface area (Å²) >= 11 is 0. The largest absolute Gasteiger partial charge is 0.466 e. The van der Waals surface area contributed by atoms with E-state index in [4.69, 9.17) is 9.47 Å². The average molecular weight is 228 g/mol. The fourth-order valence-corrected chi connectivity index (χ4v) is 0.940. The van der Waals surface area contributed by atoms with Crippen LogP contribution >= 0.6 is 0 Å². The first-order chi connectivity index (χ1) is 7.61. The predicted octanol–water partition coefficient (Wildman–Crippen LogP) is 2.23. The maximum absolute atomic E-state index is 11.3. The maximum Gasteiger partial charge on any atom is 0.333 e. The third kappa shape index (κ3) is 7.04. The maximum atomic E-state index is 11.3. The summed E-state index contributed by atoms with van der Waals surface area (Å²) in [5.74, 6) is -0.726. The molecule has 0 amide bonds. The minimum atomic E-state index is -0.426. The number of hydrogen-bond acceptors (Lipinski definition) is 4. The molecule has 0 aromatic carbocycles. The molecule has 0 saturated carbocycles. The van der Waals surface area contributed by atoms with Gasteiger partial charge in [0.25, 0.3) is 0 Å². The van der Waals surface area contributed by atoms with Crippen molar-refractivity contribution in [2.75, 3.05) is 13.2 Å². The highest BCUT2D eigenvalue weighted by molar-refractivity contribution is 5.88. The zero-order valence-electron chi connectivity index (χ0n) is 10.1. The fraction of sp³-hybridized carbons (Fsp3) is 0.667. The monoisotopic (exact) mass is 228 g/mol. The Kier molecular flexibility index (Phi) is 8.21. The van der Waals surface area contributed by atoms with Crippen molar-refractivity contribution in [1.29, 1.82) is 0 Å². The van der Waals surface area contributed by atoms with Gasteiger partial charge in [-0.25, -0.2) is 4.79 Å². The minimum Gasteiger partial charge on any atom is -0.466 e. The van der Waals surface area contributed by atoms with Gasteiger partial charge in [-0.1, -0.05) is 20.4 Å². The van der Waals surface area contributed by atoms with Crippen LogP contribution in [0.5, 0.6) is 0 Å². The van der Waals surface area contributed by atoms with Crippen molar-refractivity contribution in [3.8, 4) is 0 Å². The Morgan fingerprint density at radius 2 is 1.56 bits per heavy atom. The summed E-state index contributed by atoms with van der Waals surface area (Å²) in [7, 11) is 0. The van der Waals surface area contributed by atoms with Crippen LogP contribution in [0.25, 0.3) is 0 Å². The van der Waals surface area contributed by atoms with Gasteiger partial charge in [0.15, 0.2) is 0 Å². The van der Waals surface area contributed by atoms with E-state index in [1.165, 1.54) is 0 Å². The van der Waals surface area contributed by atoms with E-state index in [0.29, 0.717) is 25.2 Å². The summed E-state index contributed by atoms with van der Waals surface area (Å²) < 4.78 is 9.75. The van der Waals surface area contributed by atoms with E-state index in [9.17, 15) is 9.59 Å². The van der Waals surface area contributed by atoms with Crippen LogP contribution in [-0.2, 0) is 19.1 Å². The second kappa shape index (κ2) is 8.95. The molecule has 4 heteroatoms. The van der Waals surface area contributed by atoms with E-state index in [2.05, 4.69) is 6.58 Å². The van der Waals surface area contributed by atoms with E-state index < -0.39 is 5.97 Å². The lowest BCUT2D eigenvalue weighted by Gasteiger charge is -2.06. The summed E-state index contributed by atoms with van der Waals surface area (Å²) in [6.07, 6.45) is 2.05. The topological polar surface area (TPSA) is 52.6 Å². The lowest BCUT2D eigenvalue weighted by molar-refractivity contribution is -0.143. The van der Waals surface area contributed by atoms with Gasteiger partial charge >= 0.3 is 11.9 Å². The molecule has 0 atom stereocenters. The van der Waals surface area contributed by atoms with Gasteiger partial charge in [0, 0.05) is 12.0 Å². The number of carbonyl (C=O) groups excluding carboxylic acids is 2. The molecule has 0 aliphatic rings. The van der Waals surface area contributed by atoms with E-state index in [1.54, 1.807) is 0 Å². The zero-order valence-corrected chi connectivity index (χ0v) is 10.1. The lowest BCUT2D eigenvalue weighted by Crippen LogP contribution is -2.11. The first-order valence-electron chi connectivity index (χ1n) is 5.62. The van der Waals surface area contributed by atoms with Crippen molar-refractivity contribution < 1.29 is 19.1 Å². The molecule has 16 heavy (non-hydrogen) atoms. The highest BCUT2D eigenvalue weighted by Gasteiger charge is 2.10. The van der Waals surface area contributed by atoms with Crippen LogP contribution in [0.2, 0.25) is 0 Å². The molecule has 92 valence electrons. The molecule has 0 rings (SSSR count). The van der Waals surface area contributed by atoms with Crippen molar-refractivity contribution in [3.63, 3.8) is 0 Å². The third-order valence-electron chi connectivity index (χ3n) is 1.82. The standard InChI is InChI=1S/C12H20O4/c1-4-8-15-11(13)7-6-10(3)12(14)16-9-5-2/h3-9H2,1-2H3. The van der Waals surface area contributed by atoms with Gasteiger partial charge in [-0.2, -0.15) is 0 Å². The summed E-state index contributed by atoms with van der Waals surface area (Å²) in [6.45, 7) is 8.23. The Morgan fingerprint density at radius 1 is 1.00 bits per heavy atom. The van der Waals surface area contributed by atoms with Crippen LogP contribution in [0.15, 0.2) is 12.2 Å². The minimum absolute atomic E-state index is 0.181. The van der Waals surface area contributed by atoms with Crippen LogP contribution in [-0.4, -0.2) is 25.2 Å². The van der Waals surface area contributed by atoms with Gasteiger partial charge in [-0.05, 0) is 19.3 Å². The highest BCUT2D eigenvalue weighted by atomic mass is 16.5. The van der Waals surface area contributed by atoms with Gasteiger partial charge < -0.3 is 9.47 Å². The van der Waals surface area contributed by atoms with Crippen LogP contribution in [0.4, 0.5) is 0 Å². The molecule has 0 aliphatic carbocycles. The molecule has 0 aromatic rings. The Hall–Kier alpha value is -1.32. The normalized spacial score (nSPS) is 9.62. The van der Waals surface area contributed by atoms with Crippen LogP contribution < -0.4 is 0 Å². The molecule has 0 fully saturated rings. The molecular formula is C12H20O4. The molecule has 0 unspecified atom stereocenters. The Labute approximate surface area is 96.6 Å². The Bertz CT molecular complexity index is 245. The molecule has 0 saturated heterocycles. The SMILES string of the molecule is C=C(CCC(=O)OCCC)C(=O)OCCC. The number of esters is 2. The summed E-state index contributed by atoms with van der Waals surface area (Å²) in [6, 6.07) is 0. The van der Waals surface area contributed by atoms with Crippen molar-refractivity contribution >= 4 is 11.9 Å². The van der Waals surface area contributed by atoms with Gasteiger partial charge in [0.05, 0.1) is 13.2 Å². The molecular weight excluding hydrogens is 208 g/mol. The molecule has 0 bridgehead atoms. The molecule has 0 aliphatic heterocycles. The van der Waals surface area contributed by atoms with E-state index in [-0.39, 0.29) is 12.4 Å². The van der Waals surface area contributed by atoms with Crippen LogP contribution in [0, 0.1) is 0 Å². The molecule has 0 radical (unpaired) electrons. The fourth-order valence-electron chi connectivity index (χ4n) is 0.940. The molecule has 0 spiro atoms. The molecule has 0 heterocycles. The van der Waals surface area contributed by atoms with E-state index in [1.807, 2.05) is 13.8 Å². The van der Waals surface area contributed by atoms with Crippen LogP contribution in [0.1, 0.15) is 39.5 Å². The Morgan fingerprint density at radius 3 is 2.12 bits per heavy atom. The summed E-state index contributed by atoms with van der Waals surface area (Å²) in [5, 5.41) is 0. The second-order valence-corrected chi connectivity index (χ2v) is 3.46. The van der Waals surface area contributed by atoms with Gasteiger partial charge in [-0.3, -0.25) is 4.79 Å². The first-order valence-corrected chi connectivity index (χ1v) is 5.62. The third-order valence-corrected chi connectivity index (χ3v) is 1.82. The van der Waals surface area contributed by atoms with Gasteiger partial charge in [-0.15, -0.1) is 0 Å². The highest BCUT2D eigenvalue weighted by Crippen LogP contribution is 2.06. The summed E-state index contributed by atoms with van der Waals surface area (Å²) in [4.78, 5) is 22.4. The van der Waals surface area contributed by atoms with E-state index in [0.717, 1.165) is 12.8 Å². The predicted molar refractivity (Wildman–Crippen MR) is 60.9 cm³/mol. The molecule has 4 nitrogen and oxygen atoms in total.